The molecule has 1 saturated carbocycles. The predicted octanol–water partition coefficient (Wildman–Crippen LogP) is 1.94. The van der Waals surface area contributed by atoms with Crippen LogP contribution in [0.15, 0.2) is 24.3 Å². The van der Waals surface area contributed by atoms with Crippen molar-refractivity contribution < 1.29 is 19.2 Å². The molecule has 37 heavy (non-hydrogen) atoms. The number of amides is 3. The van der Waals surface area contributed by atoms with Crippen LogP contribution in [0.2, 0.25) is 0 Å². The van der Waals surface area contributed by atoms with Crippen molar-refractivity contribution in [1.82, 2.24) is 15.1 Å². The highest BCUT2D eigenvalue weighted by Crippen LogP contribution is 2.35. The topological polar surface area (TPSA) is 116 Å². The molecule has 1 aromatic carbocycles. The first kappa shape index (κ1) is 27.1. The van der Waals surface area contributed by atoms with Crippen molar-refractivity contribution in [3.63, 3.8) is 0 Å². The number of Topliss-reactive ketones (excluding diaryl/α,β-unsaturated/α-hetero) is 1. The number of nitrogens with two attached hydrogens (primary N) is 1. The highest BCUT2D eigenvalue weighted by atomic mass is 16.2. The normalized spacial score (nSPS) is 23.7. The lowest BCUT2D eigenvalue weighted by Gasteiger charge is -2.37. The summed E-state index contributed by atoms with van der Waals surface area (Å²) in [6.45, 7) is 4.37. The van der Waals surface area contributed by atoms with Crippen molar-refractivity contribution in [3.05, 3.63) is 29.8 Å². The van der Waals surface area contributed by atoms with E-state index in [0.717, 1.165) is 24.9 Å². The van der Waals surface area contributed by atoms with Crippen molar-refractivity contribution in [3.8, 4) is 0 Å². The zero-order valence-corrected chi connectivity index (χ0v) is 22.5. The van der Waals surface area contributed by atoms with Crippen LogP contribution in [0.5, 0.6) is 0 Å². The number of likely N-dealkylation sites (tertiary alicyclic amines) is 2. The summed E-state index contributed by atoms with van der Waals surface area (Å²) in [4.78, 5) is 58.5. The Hall–Kier alpha value is -2.94. The molecular weight excluding hydrogens is 470 g/mol. The SMILES string of the molecule is CC(C)CC(NC(=O)c1ccc(N(C)C)cc1)C(=O)N1CCC2C1C(=O)CN2C(=O)C1(N)CCCCC1. The van der Waals surface area contributed by atoms with E-state index in [0.29, 0.717) is 37.8 Å². The van der Waals surface area contributed by atoms with E-state index in [4.69, 9.17) is 5.73 Å². The summed E-state index contributed by atoms with van der Waals surface area (Å²) in [5.41, 5.74) is 7.04. The number of nitrogens with zero attached hydrogens (tertiary/aromatic N) is 3. The van der Waals surface area contributed by atoms with Gasteiger partial charge in [0.1, 0.15) is 12.1 Å². The molecule has 0 bridgehead atoms. The van der Waals surface area contributed by atoms with Gasteiger partial charge in [0.2, 0.25) is 11.8 Å². The van der Waals surface area contributed by atoms with E-state index in [1.54, 1.807) is 21.9 Å². The van der Waals surface area contributed by atoms with Gasteiger partial charge in [-0.2, -0.15) is 0 Å². The Morgan fingerprint density at radius 1 is 1.08 bits per heavy atom. The maximum atomic E-state index is 13.7. The molecule has 2 saturated heterocycles. The van der Waals surface area contributed by atoms with E-state index < -0.39 is 17.6 Å². The fraction of sp³-hybridized carbons (Fsp3) is 0.643. The molecule has 3 N–H and O–H groups in total. The summed E-state index contributed by atoms with van der Waals surface area (Å²) in [5.74, 6) is -0.711. The molecule has 0 spiro atoms. The van der Waals surface area contributed by atoms with Gasteiger partial charge in [-0.1, -0.05) is 33.1 Å². The first-order valence-electron chi connectivity index (χ1n) is 13.5. The van der Waals surface area contributed by atoms with Gasteiger partial charge in [-0.05, 0) is 55.9 Å². The fourth-order valence-electron chi connectivity index (χ4n) is 6.07. The molecular formula is C28H41N5O4. The van der Waals surface area contributed by atoms with Crippen LogP contribution < -0.4 is 16.0 Å². The third kappa shape index (κ3) is 5.51. The largest absolute Gasteiger partial charge is 0.378 e. The number of benzene rings is 1. The van der Waals surface area contributed by atoms with Gasteiger partial charge in [0.25, 0.3) is 5.91 Å². The summed E-state index contributed by atoms with van der Waals surface area (Å²) in [6, 6.07) is 5.43. The fourth-order valence-corrected chi connectivity index (χ4v) is 6.07. The highest BCUT2D eigenvalue weighted by molar-refractivity contribution is 6.01. The Bertz CT molecular complexity index is 1030. The quantitative estimate of drug-likeness (QED) is 0.578. The van der Waals surface area contributed by atoms with Crippen LogP contribution in [0.4, 0.5) is 5.69 Å². The molecule has 0 radical (unpaired) electrons. The van der Waals surface area contributed by atoms with Gasteiger partial charge < -0.3 is 25.8 Å². The molecule has 0 aromatic heterocycles. The number of hydrogen-bond donors (Lipinski definition) is 2. The minimum atomic E-state index is -0.916. The van der Waals surface area contributed by atoms with Crippen molar-refractivity contribution in [1.29, 1.82) is 0 Å². The standard InChI is InChI=1S/C28H41N5O4/c1-18(2)16-21(30-25(35)19-8-10-20(11-9-19)31(3)4)26(36)32-15-12-22-24(32)23(34)17-33(22)27(37)28(29)13-6-5-7-14-28/h8-11,18,21-22,24H,5-7,12-17,29H2,1-4H3,(H,30,35). The van der Waals surface area contributed by atoms with Crippen LogP contribution in [0.25, 0.3) is 0 Å². The van der Waals surface area contributed by atoms with Gasteiger partial charge in [-0.15, -0.1) is 0 Å². The highest BCUT2D eigenvalue weighted by Gasteiger charge is 2.54. The van der Waals surface area contributed by atoms with E-state index in [9.17, 15) is 19.2 Å². The first-order chi connectivity index (χ1) is 17.5. The molecule has 202 valence electrons. The van der Waals surface area contributed by atoms with Gasteiger partial charge >= 0.3 is 0 Å². The van der Waals surface area contributed by atoms with Crippen LogP contribution in [-0.4, -0.2) is 84.2 Å². The number of carbonyl (C=O) groups is 4. The summed E-state index contributed by atoms with van der Waals surface area (Å²) in [5, 5.41) is 2.92. The number of nitrogens with one attached hydrogen (secondary N) is 1. The molecule has 2 aliphatic heterocycles. The molecule has 3 aliphatic rings. The smallest absolute Gasteiger partial charge is 0.251 e. The minimum Gasteiger partial charge on any atom is -0.378 e. The zero-order valence-electron chi connectivity index (χ0n) is 22.5. The molecule has 1 aliphatic carbocycles. The lowest BCUT2D eigenvalue weighted by Crippen LogP contribution is -2.58. The second-order valence-electron chi connectivity index (χ2n) is 11.5. The second kappa shape index (κ2) is 10.8. The Morgan fingerprint density at radius 2 is 1.73 bits per heavy atom. The van der Waals surface area contributed by atoms with E-state index in [1.165, 1.54) is 0 Å². The van der Waals surface area contributed by atoms with Crippen molar-refractivity contribution in [2.24, 2.45) is 11.7 Å². The van der Waals surface area contributed by atoms with Gasteiger partial charge in [0.05, 0.1) is 18.1 Å². The molecule has 3 fully saturated rings. The second-order valence-corrected chi connectivity index (χ2v) is 11.5. The monoisotopic (exact) mass is 511 g/mol. The third-order valence-corrected chi connectivity index (χ3v) is 8.09. The van der Waals surface area contributed by atoms with Crippen molar-refractivity contribution in [2.45, 2.75) is 82.5 Å². The molecule has 3 unspecified atom stereocenters. The Balaban J connectivity index is 1.48. The van der Waals surface area contributed by atoms with Crippen molar-refractivity contribution in [2.75, 3.05) is 32.1 Å². The van der Waals surface area contributed by atoms with Gasteiger partial charge in [-0.3, -0.25) is 19.2 Å². The van der Waals surface area contributed by atoms with Crippen LogP contribution in [0.3, 0.4) is 0 Å². The van der Waals surface area contributed by atoms with Crippen LogP contribution in [0.1, 0.15) is 69.2 Å². The molecule has 3 amide bonds. The Kier molecular flexibility index (Phi) is 7.92. The maximum absolute atomic E-state index is 13.7. The lowest BCUT2D eigenvalue weighted by molar-refractivity contribution is -0.140. The predicted molar refractivity (Wildman–Crippen MR) is 142 cm³/mol. The molecule has 4 rings (SSSR count). The Labute approximate surface area is 219 Å². The van der Waals surface area contributed by atoms with E-state index in [-0.39, 0.29) is 42.0 Å². The average Bonchev–Trinajstić information content (AvgIpc) is 3.44. The van der Waals surface area contributed by atoms with Gasteiger partial charge in [0, 0.05) is 31.9 Å². The summed E-state index contributed by atoms with van der Waals surface area (Å²) < 4.78 is 0. The molecule has 3 atom stereocenters. The number of anilines is 1. The number of rotatable bonds is 7. The van der Waals surface area contributed by atoms with Crippen molar-refractivity contribution >= 4 is 29.2 Å². The average molecular weight is 512 g/mol. The molecule has 1 aromatic rings. The molecule has 2 heterocycles. The summed E-state index contributed by atoms with van der Waals surface area (Å²) >= 11 is 0. The van der Waals surface area contributed by atoms with E-state index in [1.807, 2.05) is 45.0 Å². The van der Waals surface area contributed by atoms with Gasteiger partial charge in [-0.25, -0.2) is 0 Å². The van der Waals surface area contributed by atoms with Crippen LogP contribution in [0, 0.1) is 5.92 Å². The Morgan fingerprint density at radius 3 is 2.32 bits per heavy atom. The number of carbonyl (C=O) groups excluding carboxylic acids is 4. The summed E-state index contributed by atoms with van der Waals surface area (Å²) in [7, 11) is 3.86. The van der Waals surface area contributed by atoms with Gasteiger partial charge in [0.15, 0.2) is 5.78 Å². The number of hydrogen-bond acceptors (Lipinski definition) is 6. The number of fused-ring (bicyclic) bond motifs is 1. The van der Waals surface area contributed by atoms with E-state index in [2.05, 4.69) is 5.32 Å². The minimum absolute atomic E-state index is 0.00364. The zero-order chi connectivity index (χ0) is 26.9. The molecule has 9 nitrogen and oxygen atoms in total. The lowest BCUT2D eigenvalue weighted by atomic mass is 9.81. The maximum Gasteiger partial charge on any atom is 0.251 e. The first-order valence-corrected chi connectivity index (χ1v) is 13.5. The number of ketones is 1. The molecule has 9 heteroatoms. The summed E-state index contributed by atoms with van der Waals surface area (Å²) in [6.07, 6.45) is 5.16. The van der Waals surface area contributed by atoms with E-state index >= 15 is 0 Å². The van der Waals surface area contributed by atoms with Crippen LogP contribution >= 0.6 is 0 Å². The van der Waals surface area contributed by atoms with Crippen LogP contribution in [-0.2, 0) is 14.4 Å². The third-order valence-electron chi connectivity index (χ3n) is 8.09.